The smallest absolute Gasteiger partial charge is 0.269 e. The van der Waals surface area contributed by atoms with E-state index in [1.165, 1.54) is 28.6 Å². The van der Waals surface area contributed by atoms with Crippen LogP contribution in [0, 0.1) is 10.1 Å². The molecule has 10 heteroatoms. The molecule has 0 radical (unpaired) electrons. The van der Waals surface area contributed by atoms with Gasteiger partial charge >= 0.3 is 0 Å². The molecule has 2 aromatic rings. The molecule has 2 aromatic carbocycles. The summed E-state index contributed by atoms with van der Waals surface area (Å²) in [4.78, 5) is 24.6. The number of benzene rings is 2. The number of nitro groups is 1. The van der Waals surface area contributed by atoms with Crippen molar-refractivity contribution in [1.29, 1.82) is 0 Å². The number of sulfonamides is 1. The number of para-hydroxylation sites is 1. The minimum atomic E-state index is -3.77. The van der Waals surface area contributed by atoms with Gasteiger partial charge < -0.3 is 9.64 Å². The predicted octanol–water partition coefficient (Wildman–Crippen LogP) is 1.43. The van der Waals surface area contributed by atoms with Crippen molar-refractivity contribution < 1.29 is 22.9 Å². The van der Waals surface area contributed by atoms with E-state index in [1.54, 1.807) is 4.90 Å². The average molecular weight is 417 g/mol. The zero-order chi connectivity index (χ0) is 20.6. The van der Waals surface area contributed by atoms with E-state index >= 15 is 0 Å². The summed E-state index contributed by atoms with van der Waals surface area (Å²) in [6.45, 7) is 0.845. The maximum absolute atomic E-state index is 12.8. The van der Waals surface area contributed by atoms with E-state index in [1.807, 2.05) is 24.3 Å². The van der Waals surface area contributed by atoms with E-state index in [9.17, 15) is 23.3 Å². The predicted molar refractivity (Wildman–Crippen MR) is 103 cm³/mol. The third-order valence-corrected chi connectivity index (χ3v) is 7.07. The molecule has 1 atom stereocenters. The standard InChI is InChI=1S/C19H19N3O6S/c23-19(18-13-14-3-1-2-4-17(14)28-18)20-9-11-21(12-10-20)29(26,27)16-7-5-15(6-8-16)22(24)25/h1-8,18H,9-13H2/t18-/m0/s1. The van der Waals surface area contributed by atoms with Crippen LogP contribution in [-0.4, -0.2) is 60.7 Å². The second-order valence-corrected chi connectivity index (χ2v) is 8.84. The fourth-order valence-electron chi connectivity index (χ4n) is 3.56. The summed E-state index contributed by atoms with van der Waals surface area (Å²) in [5.41, 5.74) is 0.821. The van der Waals surface area contributed by atoms with E-state index < -0.39 is 21.1 Å². The lowest BCUT2D eigenvalue weighted by Crippen LogP contribution is -2.53. The molecule has 0 N–H and O–H groups in total. The largest absolute Gasteiger partial charge is 0.480 e. The Morgan fingerprint density at radius 1 is 1.03 bits per heavy atom. The van der Waals surface area contributed by atoms with Crippen molar-refractivity contribution in [3.05, 3.63) is 64.2 Å². The highest BCUT2D eigenvalue weighted by atomic mass is 32.2. The molecule has 2 heterocycles. The van der Waals surface area contributed by atoms with Crippen LogP contribution < -0.4 is 4.74 Å². The first-order valence-corrected chi connectivity index (χ1v) is 10.6. The van der Waals surface area contributed by atoms with Gasteiger partial charge in [0.25, 0.3) is 11.6 Å². The minimum Gasteiger partial charge on any atom is -0.480 e. The third kappa shape index (κ3) is 3.68. The maximum atomic E-state index is 12.8. The Morgan fingerprint density at radius 3 is 2.31 bits per heavy atom. The molecule has 4 rings (SSSR count). The van der Waals surface area contributed by atoms with Crippen LogP contribution in [-0.2, 0) is 21.2 Å². The Hall–Kier alpha value is -2.98. The molecule has 0 bridgehead atoms. The van der Waals surface area contributed by atoms with Crippen LogP contribution in [0.25, 0.3) is 0 Å². The van der Waals surface area contributed by atoms with Gasteiger partial charge in [0.2, 0.25) is 10.0 Å². The summed E-state index contributed by atoms with van der Waals surface area (Å²) in [7, 11) is -3.77. The minimum absolute atomic E-state index is 0.00236. The highest BCUT2D eigenvalue weighted by Gasteiger charge is 2.36. The van der Waals surface area contributed by atoms with Gasteiger partial charge in [-0.1, -0.05) is 18.2 Å². The summed E-state index contributed by atoms with van der Waals surface area (Å²) in [5.74, 6) is 0.568. The fraction of sp³-hybridized carbons (Fsp3) is 0.316. The molecule has 0 saturated carbocycles. The molecule has 1 amide bonds. The summed E-state index contributed by atoms with van der Waals surface area (Å²) in [5, 5.41) is 10.7. The zero-order valence-electron chi connectivity index (χ0n) is 15.4. The lowest BCUT2D eigenvalue weighted by molar-refractivity contribution is -0.384. The van der Waals surface area contributed by atoms with Gasteiger partial charge in [-0.05, 0) is 23.8 Å². The number of nitro benzene ring substituents is 1. The summed E-state index contributed by atoms with van der Waals surface area (Å²) in [6.07, 6.45) is -0.0683. The van der Waals surface area contributed by atoms with Gasteiger partial charge in [0.15, 0.2) is 6.10 Å². The summed E-state index contributed by atoms with van der Waals surface area (Å²) >= 11 is 0. The Balaban J connectivity index is 1.39. The molecule has 1 saturated heterocycles. The van der Waals surface area contributed by atoms with Crippen molar-refractivity contribution in [2.75, 3.05) is 26.2 Å². The number of hydrogen-bond donors (Lipinski definition) is 0. The van der Waals surface area contributed by atoms with Crippen LogP contribution in [0.15, 0.2) is 53.4 Å². The second kappa shape index (κ2) is 7.45. The summed E-state index contributed by atoms with van der Waals surface area (Å²) in [6, 6.07) is 12.3. The number of non-ortho nitro benzene ring substituents is 1. The molecule has 0 unspecified atom stereocenters. The third-order valence-electron chi connectivity index (χ3n) is 5.16. The molecule has 29 heavy (non-hydrogen) atoms. The molecule has 9 nitrogen and oxygen atoms in total. The molecule has 152 valence electrons. The molecule has 0 aromatic heterocycles. The molecule has 0 spiro atoms. The first-order valence-electron chi connectivity index (χ1n) is 9.14. The number of rotatable bonds is 4. The second-order valence-electron chi connectivity index (χ2n) is 6.90. The number of fused-ring (bicyclic) bond motifs is 1. The molecule has 2 aliphatic heterocycles. The fourth-order valence-corrected chi connectivity index (χ4v) is 4.98. The highest BCUT2D eigenvalue weighted by molar-refractivity contribution is 7.89. The lowest BCUT2D eigenvalue weighted by atomic mass is 10.1. The van der Waals surface area contributed by atoms with Crippen LogP contribution in [0.1, 0.15) is 5.56 Å². The normalized spacial score (nSPS) is 19.4. The van der Waals surface area contributed by atoms with E-state index in [0.717, 1.165) is 5.56 Å². The Labute approximate surface area is 167 Å². The van der Waals surface area contributed by atoms with E-state index in [4.69, 9.17) is 4.74 Å². The molecule has 1 fully saturated rings. The Kier molecular flexibility index (Phi) is 4.97. The van der Waals surface area contributed by atoms with Crippen LogP contribution in [0.5, 0.6) is 5.75 Å². The quantitative estimate of drug-likeness (QED) is 0.550. The number of carbonyl (C=O) groups excluding carboxylic acids is 1. The van der Waals surface area contributed by atoms with Crippen LogP contribution in [0.3, 0.4) is 0 Å². The van der Waals surface area contributed by atoms with Crippen LogP contribution in [0.4, 0.5) is 5.69 Å². The van der Waals surface area contributed by atoms with Gasteiger partial charge in [0, 0.05) is 44.7 Å². The van der Waals surface area contributed by atoms with Gasteiger partial charge in [0.1, 0.15) is 5.75 Å². The number of nitrogens with zero attached hydrogens (tertiary/aromatic N) is 3. The zero-order valence-corrected chi connectivity index (χ0v) is 16.2. The Bertz CT molecular complexity index is 1020. The van der Waals surface area contributed by atoms with Gasteiger partial charge in [-0.2, -0.15) is 4.31 Å². The Morgan fingerprint density at radius 2 is 1.69 bits per heavy atom. The molecule has 2 aliphatic rings. The van der Waals surface area contributed by atoms with E-state index in [0.29, 0.717) is 12.2 Å². The molecular weight excluding hydrogens is 398 g/mol. The monoisotopic (exact) mass is 417 g/mol. The molecule has 0 aliphatic carbocycles. The number of hydrogen-bond acceptors (Lipinski definition) is 6. The highest BCUT2D eigenvalue weighted by Crippen LogP contribution is 2.29. The first kappa shape index (κ1) is 19.3. The number of carbonyl (C=O) groups is 1. The van der Waals surface area contributed by atoms with Gasteiger partial charge in [-0.3, -0.25) is 14.9 Å². The topological polar surface area (TPSA) is 110 Å². The lowest BCUT2D eigenvalue weighted by Gasteiger charge is -2.35. The van der Waals surface area contributed by atoms with Crippen molar-refractivity contribution in [2.24, 2.45) is 0 Å². The summed E-state index contributed by atoms with van der Waals surface area (Å²) < 4.78 is 32.6. The van der Waals surface area contributed by atoms with Crippen molar-refractivity contribution in [3.8, 4) is 5.75 Å². The first-order chi connectivity index (χ1) is 13.9. The number of amides is 1. The number of piperazine rings is 1. The van der Waals surface area contributed by atoms with Gasteiger partial charge in [-0.15, -0.1) is 0 Å². The van der Waals surface area contributed by atoms with Crippen molar-refractivity contribution in [1.82, 2.24) is 9.21 Å². The maximum Gasteiger partial charge on any atom is 0.269 e. The van der Waals surface area contributed by atoms with Crippen molar-refractivity contribution >= 4 is 21.6 Å². The van der Waals surface area contributed by atoms with E-state index in [-0.39, 0.29) is 42.7 Å². The SMILES string of the molecule is O=C([C@@H]1Cc2ccccc2O1)N1CCN(S(=O)(=O)c2ccc([N+](=O)[O-])cc2)CC1. The van der Waals surface area contributed by atoms with Gasteiger partial charge in [0.05, 0.1) is 9.82 Å². The molecular formula is C19H19N3O6S. The van der Waals surface area contributed by atoms with Crippen molar-refractivity contribution in [3.63, 3.8) is 0 Å². The van der Waals surface area contributed by atoms with Crippen molar-refractivity contribution in [2.45, 2.75) is 17.4 Å². The van der Waals surface area contributed by atoms with Gasteiger partial charge in [-0.25, -0.2) is 8.42 Å². The average Bonchev–Trinajstić information content (AvgIpc) is 3.17. The van der Waals surface area contributed by atoms with Crippen LogP contribution >= 0.6 is 0 Å². The van der Waals surface area contributed by atoms with E-state index in [2.05, 4.69) is 0 Å². The van der Waals surface area contributed by atoms with Crippen LogP contribution in [0.2, 0.25) is 0 Å². The number of ether oxygens (including phenoxy) is 1.